The second-order valence-electron chi connectivity index (χ2n) is 4.62. The van der Waals surface area contributed by atoms with Gasteiger partial charge in [-0.2, -0.15) is 0 Å². The van der Waals surface area contributed by atoms with E-state index in [1.54, 1.807) is 31.4 Å². The van der Waals surface area contributed by atoms with E-state index in [0.29, 0.717) is 16.9 Å². The van der Waals surface area contributed by atoms with Crippen molar-refractivity contribution in [3.05, 3.63) is 59.7 Å². The van der Waals surface area contributed by atoms with Crippen molar-refractivity contribution < 1.29 is 23.1 Å². The molecule has 0 aliphatic rings. The summed E-state index contributed by atoms with van der Waals surface area (Å²) in [5.41, 5.74) is 0.889. The van der Waals surface area contributed by atoms with Gasteiger partial charge in [-0.05, 0) is 48.5 Å². The molecule has 2 aromatic carbocycles. The third-order valence-corrected chi connectivity index (χ3v) is 4.90. The number of carbonyl (C=O) groups excluding carboxylic acids is 1. The van der Waals surface area contributed by atoms with E-state index >= 15 is 0 Å². The maximum absolute atomic E-state index is 12.3. The smallest absolute Gasteiger partial charge is 0.193 e. The maximum atomic E-state index is 12.3. The van der Waals surface area contributed by atoms with Gasteiger partial charge in [0.25, 0.3) is 0 Å². The number of carbonyl (C=O) groups is 1. The van der Waals surface area contributed by atoms with Gasteiger partial charge in [0.05, 0.1) is 24.4 Å². The van der Waals surface area contributed by atoms with Gasteiger partial charge in [0.2, 0.25) is 0 Å². The zero-order chi connectivity index (χ0) is 16.2. The van der Waals surface area contributed by atoms with Crippen LogP contribution >= 0.6 is 0 Å². The van der Waals surface area contributed by atoms with E-state index in [0.717, 1.165) is 0 Å². The molecule has 0 atom stereocenters. The molecule has 22 heavy (non-hydrogen) atoms. The molecule has 0 heterocycles. The van der Waals surface area contributed by atoms with Crippen molar-refractivity contribution in [3.63, 3.8) is 0 Å². The largest absolute Gasteiger partial charge is 0.497 e. The summed E-state index contributed by atoms with van der Waals surface area (Å²) < 4.78 is 28.6. The molecule has 0 aromatic heterocycles. The summed E-state index contributed by atoms with van der Waals surface area (Å²) in [6.07, 6.45) is 0. The minimum Gasteiger partial charge on any atom is -0.497 e. The van der Waals surface area contributed by atoms with Crippen molar-refractivity contribution in [1.82, 2.24) is 0 Å². The molecule has 0 unspecified atom stereocenters. The maximum Gasteiger partial charge on any atom is 0.193 e. The fourth-order valence-corrected chi connectivity index (χ4v) is 2.99. The number of aliphatic hydroxyl groups is 1. The number of methoxy groups -OCH3 is 1. The molecule has 0 fully saturated rings. The fourth-order valence-electron chi connectivity index (χ4n) is 1.96. The topological polar surface area (TPSA) is 80.7 Å². The van der Waals surface area contributed by atoms with Crippen molar-refractivity contribution in [3.8, 4) is 5.75 Å². The van der Waals surface area contributed by atoms with Crippen LogP contribution in [0.4, 0.5) is 0 Å². The highest BCUT2D eigenvalue weighted by atomic mass is 32.2. The number of benzene rings is 2. The summed E-state index contributed by atoms with van der Waals surface area (Å²) in [7, 11) is -1.96. The van der Waals surface area contributed by atoms with Crippen molar-refractivity contribution in [2.24, 2.45) is 0 Å². The Morgan fingerprint density at radius 3 is 1.95 bits per heavy atom. The second-order valence-corrected chi connectivity index (χ2v) is 6.73. The summed E-state index contributed by atoms with van der Waals surface area (Å²) >= 11 is 0. The van der Waals surface area contributed by atoms with Crippen LogP contribution in [-0.4, -0.2) is 38.8 Å². The number of hydrogen-bond acceptors (Lipinski definition) is 5. The van der Waals surface area contributed by atoms with Gasteiger partial charge in [-0.15, -0.1) is 0 Å². The minimum atomic E-state index is -3.50. The van der Waals surface area contributed by atoms with Crippen LogP contribution in [0.1, 0.15) is 15.9 Å². The number of sulfone groups is 1. The van der Waals surface area contributed by atoms with Gasteiger partial charge in [0.15, 0.2) is 15.6 Å². The van der Waals surface area contributed by atoms with E-state index in [-0.39, 0.29) is 16.4 Å². The van der Waals surface area contributed by atoms with Gasteiger partial charge >= 0.3 is 0 Å². The van der Waals surface area contributed by atoms with Crippen LogP contribution in [0.5, 0.6) is 5.75 Å². The quantitative estimate of drug-likeness (QED) is 0.819. The normalized spacial score (nSPS) is 11.2. The van der Waals surface area contributed by atoms with E-state index in [2.05, 4.69) is 0 Å². The Hall–Kier alpha value is -2.18. The third-order valence-electron chi connectivity index (χ3n) is 3.19. The minimum absolute atomic E-state index is 0.0906. The van der Waals surface area contributed by atoms with Gasteiger partial charge in [-0.3, -0.25) is 4.79 Å². The molecule has 0 aliphatic heterocycles. The lowest BCUT2D eigenvalue weighted by atomic mass is 10.0. The van der Waals surface area contributed by atoms with E-state index in [9.17, 15) is 13.2 Å². The van der Waals surface area contributed by atoms with E-state index in [1.165, 1.54) is 24.3 Å². The lowest BCUT2D eigenvalue weighted by Crippen LogP contribution is -2.10. The Morgan fingerprint density at radius 1 is 1.00 bits per heavy atom. The Balaban J connectivity index is 2.24. The Labute approximate surface area is 129 Å². The van der Waals surface area contributed by atoms with Crippen LogP contribution in [-0.2, 0) is 9.84 Å². The Morgan fingerprint density at radius 2 is 1.50 bits per heavy atom. The van der Waals surface area contributed by atoms with Gasteiger partial charge in [-0.25, -0.2) is 8.42 Å². The molecule has 1 N–H and O–H groups in total. The third kappa shape index (κ3) is 3.52. The number of ether oxygens (including phenoxy) is 1. The predicted molar refractivity (Wildman–Crippen MR) is 82.0 cm³/mol. The van der Waals surface area contributed by atoms with E-state index < -0.39 is 16.4 Å². The molecular weight excluding hydrogens is 304 g/mol. The SMILES string of the molecule is COc1ccc(C(=O)c2ccc(S(=O)(=O)CCO)cc2)cc1. The van der Waals surface area contributed by atoms with Gasteiger partial charge in [0, 0.05) is 11.1 Å². The molecule has 0 radical (unpaired) electrons. The number of rotatable bonds is 6. The monoisotopic (exact) mass is 320 g/mol. The molecular formula is C16H16O5S. The lowest BCUT2D eigenvalue weighted by molar-refractivity contribution is 0.103. The Kier molecular flexibility index (Phi) is 4.95. The molecule has 0 saturated heterocycles. The lowest BCUT2D eigenvalue weighted by Gasteiger charge is -2.05. The molecule has 116 valence electrons. The van der Waals surface area contributed by atoms with Crippen LogP contribution in [0.2, 0.25) is 0 Å². The zero-order valence-corrected chi connectivity index (χ0v) is 12.8. The van der Waals surface area contributed by atoms with Crippen LogP contribution in [0, 0.1) is 0 Å². The van der Waals surface area contributed by atoms with Crippen molar-refractivity contribution in [2.45, 2.75) is 4.90 Å². The highest BCUT2D eigenvalue weighted by Crippen LogP contribution is 2.17. The van der Waals surface area contributed by atoms with Crippen LogP contribution in [0.15, 0.2) is 53.4 Å². The molecule has 2 rings (SSSR count). The van der Waals surface area contributed by atoms with Gasteiger partial charge in [0.1, 0.15) is 5.75 Å². The van der Waals surface area contributed by atoms with Gasteiger partial charge in [-0.1, -0.05) is 0 Å². The summed E-state index contributed by atoms with van der Waals surface area (Å²) in [5.74, 6) is 0.120. The number of aliphatic hydroxyl groups excluding tert-OH is 1. The highest BCUT2D eigenvalue weighted by Gasteiger charge is 2.15. The first kappa shape index (κ1) is 16.2. The van der Waals surface area contributed by atoms with Crippen molar-refractivity contribution >= 4 is 15.6 Å². The van der Waals surface area contributed by atoms with Gasteiger partial charge < -0.3 is 9.84 Å². The van der Waals surface area contributed by atoms with Crippen LogP contribution in [0.3, 0.4) is 0 Å². The molecule has 5 nitrogen and oxygen atoms in total. The average Bonchev–Trinajstić information content (AvgIpc) is 2.54. The number of ketones is 1. The highest BCUT2D eigenvalue weighted by molar-refractivity contribution is 7.91. The Bertz CT molecular complexity index is 746. The fraction of sp³-hybridized carbons (Fsp3) is 0.188. The molecule has 0 amide bonds. The first-order valence-electron chi connectivity index (χ1n) is 6.60. The first-order chi connectivity index (χ1) is 10.5. The second kappa shape index (κ2) is 6.72. The van der Waals surface area contributed by atoms with Crippen molar-refractivity contribution in [2.75, 3.05) is 19.5 Å². The average molecular weight is 320 g/mol. The summed E-state index contributed by atoms with van der Waals surface area (Å²) in [4.78, 5) is 12.4. The molecule has 0 spiro atoms. The molecule has 2 aromatic rings. The molecule has 0 bridgehead atoms. The zero-order valence-electron chi connectivity index (χ0n) is 12.0. The van der Waals surface area contributed by atoms with Crippen LogP contribution < -0.4 is 4.74 Å². The van der Waals surface area contributed by atoms with Crippen molar-refractivity contribution in [1.29, 1.82) is 0 Å². The van der Waals surface area contributed by atoms with E-state index in [4.69, 9.17) is 9.84 Å². The summed E-state index contributed by atoms with van der Waals surface area (Å²) in [6, 6.07) is 12.4. The summed E-state index contributed by atoms with van der Waals surface area (Å²) in [5, 5.41) is 8.75. The first-order valence-corrected chi connectivity index (χ1v) is 8.25. The summed E-state index contributed by atoms with van der Waals surface area (Å²) in [6.45, 7) is -0.436. The standard InChI is InChI=1S/C16H16O5S/c1-21-14-6-2-12(3-7-14)16(18)13-4-8-15(9-5-13)22(19,20)11-10-17/h2-9,17H,10-11H2,1H3. The van der Waals surface area contributed by atoms with E-state index in [1.807, 2.05) is 0 Å². The predicted octanol–water partition coefficient (Wildman–Crippen LogP) is 1.69. The molecule has 0 saturated carbocycles. The molecule has 6 heteroatoms. The molecule has 0 aliphatic carbocycles. The number of hydrogen-bond donors (Lipinski definition) is 1. The van der Waals surface area contributed by atoms with Crippen LogP contribution in [0.25, 0.3) is 0 Å².